The first kappa shape index (κ1) is 10.8. The van der Waals surface area contributed by atoms with Crippen molar-refractivity contribution < 1.29 is 9.53 Å². The average Bonchev–Trinajstić information content (AvgIpc) is 2.01. The fourth-order valence-corrected chi connectivity index (χ4v) is 1.29. The topological polar surface area (TPSA) is 26.3 Å². The second-order valence-corrected chi connectivity index (χ2v) is 3.70. The van der Waals surface area contributed by atoms with Crippen LogP contribution in [0.1, 0.15) is 25.0 Å². The minimum Gasteiger partial charge on any atom is -0.463 e. The highest BCUT2D eigenvalue weighted by Gasteiger charge is 2.06. The van der Waals surface area contributed by atoms with Gasteiger partial charge in [-0.05, 0) is 26.3 Å². The molecule has 14 heavy (non-hydrogen) atoms. The molecule has 0 aliphatic carbocycles. The molecule has 0 amide bonds. The Morgan fingerprint density at radius 2 is 2.14 bits per heavy atom. The molecule has 2 nitrogen and oxygen atoms in total. The number of esters is 1. The predicted molar refractivity (Wildman–Crippen MR) is 56.1 cm³/mol. The van der Waals surface area contributed by atoms with Gasteiger partial charge in [-0.3, -0.25) is 4.79 Å². The van der Waals surface area contributed by atoms with Crippen molar-refractivity contribution in [3.63, 3.8) is 0 Å². The largest absolute Gasteiger partial charge is 0.463 e. The first-order valence-corrected chi connectivity index (χ1v) is 4.83. The lowest BCUT2D eigenvalue weighted by atomic mass is 10.1. The van der Waals surface area contributed by atoms with Crippen molar-refractivity contribution in [1.29, 1.82) is 0 Å². The number of carbonyl (C=O) groups is 1. The summed E-state index contributed by atoms with van der Waals surface area (Å²) in [6.45, 7) is 5.72. The number of aryl methyl sites for hydroxylation is 1. The average molecular weight is 192 g/mol. The number of rotatable bonds is 3. The molecule has 0 atom stereocenters. The highest BCUT2D eigenvalue weighted by atomic mass is 16.5. The summed E-state index contributed by atoms with van der Waals surface area (Å²) in [5, 5.41) is 0. The van der Waals surface area contributed by atoms with Crippen molar-refractivity contribution in [3.05, 3.63) is 35.4 Å². The molecule has 0 saturated carbocycles. The first-order chi connectivity index (χ1) is 6.58. The Labute approximate surface area is 84.9 Å². The van der Waals surface area contributed by atoms with Crippen molar-refractivity contribution in [2.75, 3.05) is 0 Å². The van der Waals surface area contributed by atoms with Gasteiger partial charge in [0.25, 0.3) is 0 Å². The molecule has 2 heteroatoms. The summed E-state index contributed by atoms with van der Waals surface area (Å²) in [4.78, 5) is 11.3. The number of carbonyl (C=O) groups excluding carboxylic acids is 1. The van der Waals surface area contributed by atoms with E-state index in [2.05, 4.69) is 0 Å². The van der Waals surface area contributed by atoms with Gasteiger partial charge < -0.3 is 4.74 Å². The van der Waals surface area contributed by atoms with E-state index in [1.165, 1.54) is 5.56 Å². The molecule has 0 aliphatic rings. The number of benzene rings is 1. The van der Waals surface area contributed by atoms with Crippen LogP contribution in [-0.2, 0) is 16.0 Å². The maximum Gasteiger partial charge on any atom is 0.310 e. The Morgan fingerprint density at radius 3 is 2.71 bits per heavy atom. The molecule has 1 aromatic carbocycles. The molecule has 76 valence electrons. The SMILES string of the molecule is Cc1cccc(CC(=O)OC(C)C)c1. The third-order valence-corrected chi connectivity index (χ3v) is 1.80. The van der Waals surface area contributed by atoms with Gasteiger partial charge in [-0.15, -0.1) is 0 Å². The smallest absolute Gasteiger partial charge is 0.310 e. The van der Waals surface area contributed by atoms with Crippen LogP contribution in [0.25, 0.3) is 0 Å². The lowest BCUT2D eigenvalue weighted by Crippen LogP contribution is -2.13. The molecule has 0 heterocycles. The van der Waals surface area contributed by atoms with E-state index in [9.17, 15) is 4.79 Å². The van der Waals surface area contributed by atoms with Crippen LogP contribution in [0.15, 0.2) is 24.3 Å². The molecule has 0 spiro atoms. The van der Waals surface area contributed by atoms with Crippen molar-refractivity contribution in [3.8, 4) is 0 Å². The van der Waals surface area contributed by atoms with Gasteiger partial charge in [-0.1, -0.05) is 29.8 Å². The highest BCUT2D eigenvalue weighted by Crippen LogP contribution is 2.06. The molecule has 0 unspecified atom stereocenters. The minimum atomic E-state index is -0.161. The summed E-state index contributed by atoms with van der Waals surface area (Å²) in [5.74, 6) is -0.161. The van der Waals surface area contributed by atoms with Gasteiger partial charge in [0.05, 0.1) is 12.5 Å². The van der Waals surface area contributed by atoms with Crippen molar-refractivity contribution in [2.24, 2.45) is 0 Å². The Morgan fingerprint density at radius 1 is 1.43 bits per heavy atom. The van der Waals surface area contributed by atoms with Crippen LogP contribution < -0.4 is 0 Å². The molecule has 1 aromatic rings. The van der Waals surface area contributed by atoms with E-state index in [0.717, 1.165) is 5.56 Å². The van der Waals surface area contributed by atoms with E-state index >= 15 is 0 Å². The number of hydrogen-bond acceptors (Lipinski definition) is 2. The van der Waals surface area contributed by atoms with Crippen LogP contribution in [0, 0.1) is 6.92 Å². The van der Waals surface area contributed by atoms with Crippen molar-refractivity contribution in [2.45, 2.75) is 33.3 Å². The maximum absolute atomic E-state index is 11.3. The standard InChI is InChI=1S/C12H16O2/c1-9(2)14-12(13)8-11-6-4-5-10(3)7-11/h4-7,9H,8H2,1-3H3. The quantitative estimate of drug-likeness (QED) is 0.688. The second-order valence-electron chi connectivity index (χ2n) is 3.70. The number of ether oxygens (including phenoxy) is 1. The summed E-state index contributed by atoms with van der Waals surface area (Å²) < 4.78 is 5.06. The maximum atomic E-state index is 11.3. The Kier molecular flexibility index (Phi) is 3.69. The Bertz CT molecular complexity index is 316. The monoisotopic (exact) mass is 192 g/mol. The molecule has 0 fully saturated rings. The molecule has 0 N–H and O–H groups in total. The zero-order valence-corrected chi connectivity index (χ0v) is 8.91. The Balaban J connectivity index is 2.56. The van der Waals surface area contributed by atoms with Crippen molar-refractivity contribution in [1.82, 2.24) is 0 Å². The lowest BCUT2D eigenvalue weighted by Gasteiger charge is -2.07. The number of hydrogen-bond donors (Lipinski definition) is 0. The minimum absolute atomic E-state index is 0.0349. The van der Waals surface area contributed by atoms with Gasteiger partial charge in [0.15, 0.2) is 0 Å². The Hall–Kier alpha value is -1.31. The zero-order valence-electron chi connectivity index (χ0n) is 8.91. The zero-order chi connectivity index (χ0) is 10.6. The summed E-state index contributed by atoms with van der Waals surface area (Å²) in [7, 11) is 0. The molecular weight excluding hydrogens is 176 g/mol. The summed E-state index contributed by atoms with van der Waals surface area (Å²) in [6.07, 6.45) is 0.326. The first-order valence-electron chi connectivity index (χ1n) is 4.83. The van der Waals surface area contributed by atoms with Crippen LogP contribution in [0.2, 0.25) is 0 Å². The molecule has 0 saturated heterocycles. The molecular formula is C12H16O2. The summed E-state index contributed by atoms with van der Waals surface area (Å²) in [6, 6.07) is 7.90. The van der Waals surface area contributed by atoms with Crippen molar-refractivity contribution >= 4 is 5.97 Å². The third-order valence-electron chi connectivity index (χ3n) is 1.80. The van der Waals surface area contributed by atoms with Crippen LogP contribution in [0.4, 0.5) is 0 Å². The van der Waals surface area contributed by atoms with Crippen LogP contribution in [0.5, 0.6) is 0 Å². The van der Waals surface area contributed by atoms with Gasteiger partial charge in [0, 0.05) is 0 Å². The molecule has 0 aliphatic heterocycles. The van der Waals surface area contributed by atoms with Crippen LogP contribution in [-0.4, -0.2) is 12.1 Å². The van der Waals surface area contributed by atoms with Gasteiger partial charge in [0.1, 0.15) is 0 Å². The van der Waals surface area contributed by atoms with Crippen LogP contribution in [0.3, 0.4) is 0 Å². The van der Waals surface area contributed by atoms with Gasteiger partial charge in [-0.25, -0.2) is 0 Å². The van der Waals surface area contributed by atoms with E-state index in [4.69, 9.17) is 4.74 Å². The third kappa shape index (κ3) is 3.60. The second kappa shape index (κ2) is 4.80. The molecule has 1 rings (SSSR count). The lowest BCUT2D eigenvalue weighted by molar-refractivity contribution is -0.146. The van der Waals surface area contributed by atoms with E-state index in [0.29, 0.717) is 6.42 Å². The van der Waals surface area contributed by atoms with Gasteiger partial charge in [-0.2, -0.15) is 0 Å². The highest BCUT2D eigenvalue weighted by molar-refractivity contribution is 5.72. The van der Waals surface area contributed by atoms with E-state index in [1.54, 1.807) is 0 Å². The summed E-state index contributed by atoms with van der Waals surface area (Å²) in [5.41, 5.74) is 2.18. The summed E-state index contributed by atoms with van der Waals surface area (Å²) >= 11 is 0. The molecule has 0 radical (unpaired) electrons. The van der Waals surface area contributed by atoms with Gasteiger partial charge >= 0.3 is 5.97 Å². The van der Waals surface area contributed by atoms with E-state index < -0.39 is 0 Å². The fourth-order valence-electron chi connectivity index (χ4n) is 1.29. The van der Waals surface area contributed by atoms with E-state index in [-0.39, 0.29) is 12.1 Å². The predicted octanol–water partition coefficient (Wildman–Crippen LogP) is 2.49. The van der Waals surface area contributed by atoms with Gasteiger partial charge in [0.2, 0.25) is 0 Å². The normalized spacial score (nSPS) is 10.3. The molecule has 0 aromatic heterocycles. The molecule has 0 bridgehead atoms. The fraction of sp³-hybridized carbons (Fsp3) is 0.417. The van der Waals surface area contributed by atoms with E-state index in [1.807, 2.05) is 45.0 Å². The van der Waals surface area contributed by atoms with Crippen LogP contribution >= 0.6 is 0 Å².